The van der Waals surface area contributed by atoms with E-state index in [4.69, 9.17) is 4.74 Å². The summed E-state index contributed by atoms with van der Waals surface area (Å²) in [4.78, 5) is 22.2. The van der Waals surface area contributed by atoms with Crippen molar-refractivity contribution in [3.63, 3.8) is 0 Å². The highest BCUT2D eigenvalue weighted by Crippen LogP contribution is 2.61. The number of rotatable bonds is 6. The molecule has 0 spiro atoms. The van der Waals surface area contributed by atoms with Crippen molar-refractivity contribution in [2.45, 2.75) is 40.5 Å². The van der Waals surface area contributed by atoms with Crippen LogP contribution in [0.5, 0.6) is 0 Å². The second-order valence-corrected chi connectivity index (χ2v) is 5.33. The number of hydrogen-bond acceptors (Lipinski definition) is 3. The van der Waals surface area contributed by atoms with Gasteiger partial charge in [0, 0.05) is 12.5 Å². The molecular formula is C14H22O3. The van der Waals surface area contributed by atoms with Crippen molar-refractivity contribution in [3.05, 3.63) is 12.2 Å². The molecule has 0 radical (unpaired) electrons. The van der Waals surface area contributed by atoms with E-state index in [1.165, 1.54) is 6.08 Å². The molecule has 0 unspecified atom stereocenters. The molecule has 0 heterocycles. The molecule has 0 aromatic rings. The van der Waals surface area contributed by atoms with E-state index in [0.717, 1.165) is 6.42 Å². The molecule has 1 saturated carbocycles. The Hall–Kier alpha value is -1.12. The van der Waals surface area contributed by atoms with Crippen LogP contribution in [-0.2, 0) is 14.3 Å². The van der Waals surface area contributed by atoms with Gasteiger partial charge in [0.05, 0.1) is 6.61 Å². The summed E-state index contributed by atoms with van der Waals surface area (Å²) in [5, 5.41) is 0. The molecule has 1 fully saturated rings. The summed E-state index contributed by atoms with van der Waals surface area (Å²) < 4.78 is 4.81. The van der Waals surface area contributed by atoms with Gasteiger partial charge in [0.2, 0.25) is 0 Å². The lowest BCUT2D eigenvalue weighted by Crippen LogP contribution is -1.99. The van der Waals surface area contributed by atoms with Crippen molar-refractivity contribution in [1.29, 1.82) is 0 Å². The van der Waals surface area contributed by atoms with Crippen LogP contribution < -0.4 is 0 Å². The lowest BCUT2D eigenvalue weighted by Gasteiger charge is -1.99. The fourth-order valence-electron chi connectivity index (χ4n) is 2.54. The summed E-state index contributed by atoms with van der Waals surface area (Å²) in [6.07, 6.45) is 4.86. The Kier molecular flexibility index (Phi) is 4.49. The highest BCUT2D eigenvalue weighted by Gasteiger charge is 2.56. The minimum atomic E-state index is -0.283. The van der Waals surface area contributed by atoms with Crippen molar-refractivity contribution in [2.24, 2.45) is 17.3 Å². The topological polar surface area (TPSA) is 43.4 Å². The van der Waals surface area contributed by atoms with Crippen molar-refractivity contribution in [2.75, 3.05) is 6.61 Å². The molecule has 0 saturated heterocycles. The third-order valence-corrected chi connectivity index (χ3v) is 3.73. The molecule has 2 atom stereocenters. The molecule has 0 N–H and O–H groups in total. The van der Waals surface area contributed by atoms with Gasteiger partial charge in [0.1, 0.15) is 5.78 Å². The number of hydrogen-bond donors (Lipinski definition) is 0. The summed E-state index contributed by atoms with van der Waals surface area (Å²) in [5.74, 6) is 0.943. The van der Waals surface area contributed by atoms with Crippen LogP contribution in [0, 0.1) is 17.3 Å². The maximum Gasteiger partial charge on any atom is 0.330 e. The molecule has 0 bridgehead atoms. The Morgan fingerprint density at radius 2 is 1.94 bits per heavy atom. The van der Waals surface area contributed by atoms with E-state index in [1.54, 1.807) is 13.8 Å². The van der Waals surface area contributed by atoms with E-state index in [2.05, 4.69) is 13.8 Å². The first-order valence-corrected chi connectivity index (χ1v) is 6.22. The van der Waals surface area contributed by atoms with Gasteiger partial charge in [-0.3, -0.25) is 0 Å². The molecule has 1 aliphatic rings. The van der Waals surface area contributed by atoms with E-state index in [1.807, 2.05) is 6.08 Å². The Labute approximate surface area is 103 Å². The molecule has 17 heavy (non-hydrogen) atoms. The third kappa shape index (κ3) is 3.69. The summed E-state index contributed by atoms with van der Waals surface area (Å²) in [7, 11) is 0. The zero-order valence-electron chi connectivity index (χ0n) is 11.2. The SMILES string of the molecule is CCOC(=O)/C=C/C[C@H]1[C@@H](CC(C)=O)C1(C)C. The van der Waals surface area contributed by atoms with Gasteiger partial charge in [0.15, 0.2) is 0 Å². The van der Waals surface area contributed by atoms with E-state index < -0.39 is 0 Å². The van der Waals surface area contributed by atoms with E-state index in [-0.39, 0.29) is 17.2 Å². The van der Waals surface area contributed by atoms with Crippen LogP contribution in [0.25, 0.3) is 0 Å². The van der Waals surface area contributed by atoms with E-state index >= 15 is 0 Å². The van der Waals surface area contributed by atoms with Crippen molar-refractivity contribution < 1.29 is 14.3 Å². The molecule has 1 rings (SSSR count). The maximum absolute atomic E-state index is 11.1. The second kappa shape index (κ2) is 5.48. The first kappa shape index (κ1) is 13.9. The van der Waals surface area contributed by atoms with Gasteiger partial charge >= 0.3 is 5.97 Å². The highest BCUT2D eigenvalue weighted by atomic mass is 16.5. The van der Waals surface area contributed by atoms with Crippen LogP contribution >= 0.6 is 0 Å². The normalized spacial score (nSPS) is 25.9. The average Bonchev–Trinajstić information content (AvgIpc) is 2.69. The Morgan fingerprint density at radius 3 is 2.47 bits per heavy atom. The smallest absolute Gasteiger partial charge is 0.330 e. The average molecular weight is 238 g/mol. The van der Waals surface area contributed by atoms with Gasteiger partial charge in [-0.2, -0.15) is 0 Å². The first-order chi connectivity index (χ1) is 7.89. The van der Waals surface area contributed by atoms with Crippen LogP contribution in [0.15, 0.2) is 12.2 Å². The predicted octanol–water partition coefficient (Wildman–Crippen LogP) is 2.75. The number of carbonyl (C=O) groups excluding carboxylic acids is 2. The second-order valence-electron chi connectivity index (χ2n) is 5.33. The zero-order chi connectivity index (χ0) is 13.1. The minimum absolute atomic E-state index is 0.227. The van der Waals surface area contributed by atoms with Crippen LogP contribution in [-0.4, -0.2) is 18.4 Å². The zero-order valence-corrected chi connectivity index (χ0v) is 11.2. The quantitative estimate of drug-likeness (QED) is 0.528. The third-order valence-electron chi connectivity index (χ3n) is 3.73. The molecule has 0 aromatic carbocycles. The molecular weight excluding hydrogens is 216 g/mol. The summed E-state index contributed by atoms with van der Waals surface area (Å²) >= 11 is 0. The van der Waals surface area contributed by atoms with Crippen molar-refractivity contribution >= 4 is 11.8 Å². The van der Waals surface area contributed by atoms with E-state index in [0.29, 0.717) is 24.9 Å². The minimum Gasteiger partial charge on any atom is -0.463 e. The highest BCUT2D eigenvalue weighted by molar-refractivity contribution is 5.81. The lowest BCUT2D eigenvalue weighted by atomic mass is 10.1. The Bertz CT molecular complexity index is 328. The number of carbonyl (C=O) groups is 2. The van der Waals surface area contributed by atoms with Crippen LogP contribution in [0.1, 0.15) is 40.5 Å². The van der Waals surface area contributed by atoms with Crippen LogP contribution in [0.3, 0.4) is 0 Å². The molecule has 96 valence electrons. The predicted molar refractivity (Wildman–Crippen MR) is 66.4 cm³/mol. The van der Waals surface area contributed by atoms with Crippen LogP contribution in [0.4, 0.5) is 0 Å². The van der Waals surface area contributed by atoms with Gasteiger partial charge in [-0.15, -0.1) is 0 Å². The molecule has 0 amide bonds. The van der Waals surface area contributed by atoms with Gasteiger partial charge < -0.3 is 9.53 Å². The number of Topliss-reactive ketones (excluding diaryl/α,β-unsaturated/α-hetero) is 1. The number of ketones is 1. The fourth-order valence-corrected chi connectivity index (χ4v) is 2.54. The number of ether oxygens (including phenoxy) is 1. The molecule has 3 heteroatoms. The maximum atomic E-state index is 11.1. The van der Waals surface area contributed by atoms with Crippen molar-refractivity contribution in [1.82, 2.24) is 0 Å². The van der Waals surface area contributed by atoms with Crippen molar-refractivity contribution in [3.8, 4) is 0 Å². The fraction of sp³-hybridized carbons (Fsp3) is 0.714. The van der Waals surface area contributed by atoms with Gasteiger partial charge in [0.25, 0.3) is 0 Å². The van der Waals surface area contributed by atoms with Gasteiger partial charge in [-0.1, -0.05) is 19.9 Å². The van der Waals surface area contributed by atoms with Crippen LogP contribution in [0.2, 0.25) is 0 Å². The number of esters is 1. The molecule has 3 nitrogen and oxygen atoms in total. The lowest BCUT2D eigenvalue weighted by molar-refractivity contribution is -0.137. The summed E-state index contributed by atoms with van der Waals surface area (Å²) in [6, 6.07) is 0. The summed E-state index contributed by atoms with van der Waals surface area (Å²) in [5.41, 5.74) is 0.227. The monoisotopic (exact) mass is 238 g/mol. The number of allylic oxidation sites excluding steroid dienone is 1. The molecule has 1 aliphatic carbocycles. The molecule has 0 aromatic heterocycles. The summed E-state index contributed by atoms with van der Waals surface area (Å²) in [6.45, 7) is 8.20. The standard InChI is InChI=1S/C14H22O3/c1-5-17-13(16)8-6-7-11-12(9-10(2)15)14(11,3)4/h6,8,11-12H,5,7,9H2,1-4H3/b8-6+/t11-,12+/m0/s1. The largest absolute Gasteiger partial charge is 0.463 e. The molecule has 0 aliphatic heterocycles. The van der Waals surface area contributed by atoms with E-state index in [9.17, 15) is 9.59 Å². The van der Waals surface area contributed by atoms with Gasteiger partial charge in [-0.25, -0.2) is 4.79 Å². The first-order valence-electron chi connectivity index (χ1n) is 6.22. The Morgan fingerprint density at radius 1 is 1.29 bits per heavy atom. The van der Waals surface area contributed by atoms with Gasteiger partial charge in [-0.05, 0) is 37.5 Å². The Balaban J connectivity index is 2.38.